The molecule has 184 valence electrons. The van der Waals surface area contributed by atoms with Crippen LogP contribution in [0.4, 0.5) is 0 Å². The standard InChI is InChI=1S/C22H48N6O3/c1-19(9-3-5-11-23)21(29)26-13-7-15-28(17-18-31-2)16-8-14-27-22(30)20(25)10-4-6-12-24/h19-20H,3-18,23-25H2,1-2H3,(H,26,29)(H,27,30)/t19-,20-/m0/s1. The van der Waals surface area contributed by atoms with E-state index < -0.39 is 6.04 Å². The molecule has 9 nitrogen and oxygen atoms in total. The molecule has 0 unspecified atom stereocenters. The number of nitrogens with one attached hydrogen (secondary N) is 2. The van der Waals surface area contributed by atoms with Crippen molar-refractivity contribution in [3.63, 3.8) is 0 Å². The van der Waals surface area contributed by atoms with Gasteiger partial charge in [-0.2, -0.15) is 0 Å². The molecule has 31 heavy (non-hydrogen) atoms. The third-order valence-electron chi connectivity index (χ3n) is 5.36. The van der Waals surface area contributed by atoms with Crippen LogP contribution in [0.5, 0.6) is 0 Å². The maximum atomic E-state index is 12.1. The van der Waals surface area contributed by atoms with Crippen LogP contribution in [0.1, 0.15) is 58.3 Å². The zero-order valence-electron chi connectivity index (χ0n) is 19.9. The Kier molecular flexibility index (Phi) is 19.8. The number of nitrogens with two attached hydrogens (primary N) is 3. The number of carbonyl (C=O) groups excluding carboxylic acids is 2. The summed E-state index contributed by atoms with van der Waals surface area (Å²) in [5.41, 5.74) is 16.9. The lowest BCUT2D eigenvalue weighted by Crippen LogP contribution is -2.41. The molecule has 8 N–H and O–H groups in total. The molecule has 0 aromatic heterocycles. The van der Waals surface area contributed by atoms with Crippen molar-refractivity contribution in [3.05, 3.63) is 0 Å². The molecular weight excluding hydrogens is 396 g/mol. The fourth-order valence-electron chi connectivity index (χ4n) is 3.26. The van der Waals surface area contributed by atoms with Crippen molar-refractivity contribution in [2.75, 3.05) is 59.5 Å². The Hall–Kier alpha value is -1.26. The first-order valence-corrected chi connectivity index (χ1v) is 11.9. The molecule has 0 heterocycles. The van der Waals surface area contributed by atoms with E-state index in [1.54, 1.807) is 7.11 Å². The Morgan fingerprint density at radius 1 is 0.839 bits per heavy atom. The van der Waals surface area contributed by atoms with Crippen molar-refractivity contribution in [2.45, 2.75) is 64.3 Å². The van der Waals surface area contributed by atoms with Crippen LogP contribution in [0, 0.1) is 5.92 Å². The Morgan fingerprint density at radius 2 is 1.39 bits per heavy atom. The van der Waals surface area contributed by atoms with Crippen LogP contribution in [0.2, 0.25) is 0 Å². The second kappa shape index (κ2) is 20.6. The summed E-state index contributed by atoms with van der Waals surface area (Å²) in [5, 5.41) is 5.95. The van der Waals surface area contributed by atoms with E-state index in [0.29, 0.717) is 39.2 Å². The first-order chi connectivity index (χ1) is 15.0. The van der Waals surface area contributed by atoms with E-state index in [0.717, 1.165) is 64.6 Å². The van der Waals surface area contributed by atoms with E-state index in [4.69, 9.17) is 21.9 Å². The van der Waals surface area contributed by atoms with E-state index in [2.05, 4.69) is 15.5 Å². The lowest BCUT2D eigenvalue weighted by molar-refractivity contribution is -0.124. The highest BCUT2D eigenvalue weighted by molar-refractivity contribution is 5.81. The normalized spacial score (nSPS) is 13.2. The van der Waals surface area contributed by atoms with Crippen molar-refractivity contribution < 1.29 is 14.3 Å². The molecule has 9 heteroatoms. The third-order valence-corrected chi connectivity index (χ3v) is 5.36. The summed E-state index contributed by atoms with van der Waals surface area (Å²) in [6, 6.07) is -0.461. The van der Waals surface area contributed by atoms with Gasteiger partial charge >= 0.3 is 0 Å². The van der Waals surface area contributed by atoms with Crippen LogP contribution in [-0.4, -0.2) is 82.3 Å². The molecule has 0 aliphatic carbocycles. The average Bonchev–Trinajstić information content (AvgIpc) is 2.76. The minimum Gasteiger partial charge on any atom is -0.383 e. The molecule has 0 rings (SSSR count). The van der Waals surface area contributed by atoms with E-state index in [-0.39, 0.29) is 17.7 Å². The maximum absolute atomic E-state index is 12.1. The zero-order chi connectivity index (χ0) is 23.3. The van der Waals surface area contributed by atoms with Crippen LogP contribution in [0.15, 0.2) is 0 Å². The molecule has 0 aliphatic heterocycles. The van der Waals surface area contributed by atoms with Gasteiger partial charge in [-0.1, -0.05) is 19.8 Å². The summed E-state index contributed by atoms with van der Waals surface area (Å²) in [4.78, 5) is 26.5. The van der Waals surface area contributed by atoms with E-state index in [1.165, 1.54) is 0 Å². The number of unbranched alkanes of at least 4 members (excludes halogenated alkanes) is 2. The van der Waals surface area contributed by atoms with Crippen molar-refractivity contribution >= 4 is 11.8 Å². The Labute approximate surface area is 189 Å². The van der Waals surface area contributed by atoms with Gasteiger partial charge in [0.1, 0.15) is 0 Å². The van der Waals surface area contributed by atoms with Gasteiger partial charge in [0, 0.05) is 32.7 Å². The molecule has 0 saturated carbocycles. The number of ether oxygens (including phenoxy) is 1. The SMILES string of the molecule is COCCN(CCCNC(=O)[C@@H](C)CCCCN)CCCNC(=O)[C@@H](N)CCCCN. The van der Waals surface area contributed by atoms with Gasteiger partial charge in [-0.05, 0) is 64.7 Å². The highest BCUT2D eigenvalue weighted by atomic mass is 16.5. The first-order valence-electron chi connectivity index (χ1n) is 11.9. The quantitative estimate of drug-likeness (QED) is 0.158. The summed E-state index contributed by atoms with van der Waals surface area (Å²) in [6.07, 6.45) is 6.99. The Bertz CT molecular complexity index is 417. The van der Waals surface area contributed by atoms with Crippen LogP contribution in [0.25, 0.3) is 0 Å². The summed E-state index contributed by atoms with van der Waals surface area (Å²) in [7, 11) is 1.69. The maximum Gasteiger partial charge on any atom is 0.236 e. The minimum absolute atomic E-state index is 0.0291. The molecule has 0 aliphatic rings. The predicted molar refractivity (Wildman–Crippen MR) is 127 cm³/mol. The lowest BCUT2D eigenvalue weighted by atomic mass is 10.0. The number of hydrogen-bond acceptors (Lipinski definition) is 7. The van der Waals surface area contributed by atoms with Gasteiger partial charge < -0.3 is 37.5 Å². The molecule has 0 spiro atoms. The molecule has 2 amide bonds. The summed E-state index contributed by atoms with van der Waals surface area (Å²) in [5.74, 6) is 0.0520. The number of nitrogens with zero attached hydrogens (tertiary/aromatic N) is 1. The average molecular weight is 445 g/mol. The second-order valence-electron chi connectivity index (χ2n) is 8.20. The number of rotatable bonds is 21. The van der Waals surface area contributed by atoms with Gasteiger partial charge in [0.25, 0.3) is 0 Å². The van der Waals surface area contributed by atoms with Gasteiger partial charge in [-0.25, -0.2) is 0 Å². The van der Waals surface area contributed by atoms with Gasteiger partial charge in [0.15, 0.2) is 0 Å². The molecule has 2 atom stereocenters. The predicted octanol–water partition coefficient (Wildman–Crippen LogP) is 0.169. The summed E-state index contributed by atoms with van der Waals surface area (Å²) in [6.45, 7) is 7.75. The zero-order valence-corrected chi connectivity index (χ0v) is 19.9. The minimum atomic E-state index is -0.461. The smallest absolute Gasteiger partial charge is 0.236 e. The van der Waals surface area contributed by atoms with Gasteiger partial charge in [-0.3, -0.25) is 9.59 Å². The largest absolute Gasteiger partial charge is 0.383 e. The third kappa shape index (κ3) is 17.0. The van der Waals surface area contributed by atoms with Gasteiger partial charge in [-0.15, -0.1) is 0 Å². The van der Waals surface area contributed by atoms with Crippen molar-refractivity contribution in [3.8, 4) is 0 Å². The summed E-state index contributed by atoms with van der Waals surface area (Å²) >= 11 is 0. The molecule has 0 bridgehead atoms. The Balaban J connectivity index is 4.04. The van der Waals surface area contributed by atoms with Crippen LogP contribution >= 0.6 is 0 Å². The van der Waals surface area contributed by atoms with Crippen molar-refractivity contribution in [1.82, 2.24) is 15.5 Å². The number of carbonyl (C=O) groups is 2. The summed E-state index contributed by atoms with van der Waals surface area (Å²) < 4.78 is 5.20. The molecular formula is C22H48N6O3. The second-order valence-corrected chi connectivity index (χ2v) is 8.20. The number of amides is 2. The highest BCUT2D eigenvalue weighted by Crippen LogP contribution is 2.07. The number of hydrogen-bond donors (Lipinski definition) is 5. The number of methoxy groups -OCH3 is 1. The van der Waals surface area contributed by atoms with Gasteiger partial charge in [0.05, 0.1) is 12.6 Å². The molecule has 0 aromatic rings. The Morgan fingerprint density at radius 3 is 1.94 bits per heavy atom. The van der Waals surface area contributed by atoms with E-state index in [9.17, 15) is 9.59 Å². The molecule has 0 saturated heterocycles. The molecule has 0 fully saturated rings. The van der Waals surface area contributed by atoms with E-state index in [1.807, 2.05) is 6.92 Å². The fourth-order valence-corrected chi connectivity index (χ4v) is 3.26. The topological polar surface area (TPSA) is 149 Å². The lowest BCUT2D eigenvalue weighted by Gasteiger charge is -2.22. The first kappa shape index (κ1) is 29.7. The van der Waals surface area contributed by atoms with Crippen LogP contribution in [-0.2, 0) is 14.3 Å². The van der Waals surface area contributed by atoms with Crippen LogP contribution in [0.3, 0.4) is 0 Å². The van der Waals surface area contributed by atoms with E-state index >= 15 is 0 Å². The van der Waals surface area contributed by atoms with Crippen LogP contribution < -0.4 is 27.8 Å². The molecule has 0 radical (unpaired) electrons. The van der Waals surface area contributed by atoms with Crippen molar-refractivity contribution in [1.29, 1.82) is 0 Å². The van der Waals surface area contributed by atoms with Crippen molar-refractivity contribution in [2.24, 2.45) is 23.1 Å². The monoisotopic (exact) mass is 444 g/mol. The highest BCUT2D eigenvalue weighted by Gasteiger charge is 2.13. The molecule has 0 aromatic carbocycles. The fraction of sp³-hybridized carbons (Fsp3) is 0.909. The van der Waals surface area contributed by atoms with Gasteiger partial charge in [0.2, 0.25) is 11.8 Å².